The van der Waals surface area contributed by atoms with E-state index in [1.165, 1.54) is 0 Å². The largest absolute Gasteiger partial charge is 0.445 e. The summed E-state index contributed by atoms with van der Waals surface area (Å²) >= 11 is 0. The number of hydrogen-bond donors (Lipinski definition) is 0. The van der Waals surface area contributed by atoms with Crippen molar-refractivity contribution in [3.8, 4) is 0 Å². The molecule has 2 aromatic heterocycles. The average molecular weight is 501 g/mol. The summed E-state index contributed by atoms with van der Waals surface area (Å²) in [7, 11) is -1.26. The van der Waals surface area contributed by atoms with Gasteiger partial charge in [-0.15, -0.1) is 0 Å². The van der Waals surface area contributed by atoms with Crippen LogP contribution in [0.2, 0.25) is 0 Å². The van der Waals surface area contributed by atoms with E-state index < -0.39 is 10.8 Å². The molecule has 0 aliphatic carbocycles. The molecule has 1 saturated heterocycles. The van der Waals surface area contributed by atoms with Crippen molar-refractivity contribution in [3.05, 3.63) is 95.3 Å². The van der Waals surface area contributed by atoms with E-state index in [-0.39, 0.29) is 18.6 Å². The van der Waals surface area contributed by atoms with Gasteiger partial charge in [-0.3, -0.25) is 4.21 Å². The molecule has 1 aliphatic rings. The molecule has 1 fully saturated rings. The molecule has 36 heavy (non-hydrogen) atoms. The Morgan fingerprint density at radius 3 is 2.61 bits per heavy atom. The SMILES string of the molecule is CS(=O)c1cc(C2CCCN(C(=O)OCc3ccccc3)C2)nc2c(/C=C/c3ccccc3)cnn12. The van der Waals surface area contributed by atoms with Crippen LogP contribution in [-0.4, -0.2) is 49.1 Å². The van der Waals surface area contributed by atoms with Crippen molar-refractivity contribution in [2.75, 3.05) is 19.3 Å². The monoisotopic (exact) mass is 500 g/mol. The van der Waals surface area contributed by atoms with Crippen LogP contribution in [0, 0.1) is 0 Å². The zero-order valence-electron chi connectivity index (χ0n) is 20.1. The first-order valence-electron chi connectivity index (χ1n) is 12.0. The Balaban J connectivity index is 1.38. The normalized spacial score (nSPS) is 16.9. The Bertz CT molecular complexity index is 1400. The maximum atomic E-state index is 12.8. The number of fused-ring (bicyclic) bond motifs is 1. The summed E-state index contributed by atoms with van der Waals surface area (Å²) in [4.78, 5) is 19.5. The fourth-order valence-electron chi connectivity index (χ4n) is 4.45. The Morgan fingerprint density at radius 1 is 1.11 bits per heavy atom. The van der Waals surface area contributed by atoms with Crippen LogP contribution < -0.4 is 0 Å². The topological polar surface area (TPSA) is 76.8 Å². The quantitative estimate of drug-likeness (QED) is 0.342. The minimum absolute atomic E-state index is 0.0242. The molecule has 8 heteroatoms. The number of hydrogen-bond acceptors (Lipinski definition) is 5. The van der Waals surface area contributed by atoms with Crippen LogP contribution in [0.4, 0.5) is 4.79 Å². The van der Waals surface area contributed by atoms with Gasteiger partial charge in [0.05, 0.1) is 22.7 Å². The molecule has 3 heterocycles. The summed E-state index contributed by atoms with van der Waals surface area (Å²) in [6.45, 7) is 1.41. The van der Waals surface area contributed by atoms with Gasteiger partial charge in [-0.25, -0.2) is 14.3 Å². The molecule has 0 saturated carbocycles. The van der Waals surface area contributed by atoms with Crippen molar-refractivity contribution >= 4 is 34.7 Å². The van der Waals surface area contributed by atoms with Crippen LogP contribution >= 0.6 is 0 Å². The number of benzene rings is 2. The van der Waals surface area contributed by atoms with E-state index in [2.05, 4.69) is 5.10 Å². The first-order valence-corrected chi connectivity index (χ1v) is 13.5. The van der Waals surface area contributed by atoms with Crippen LogP contribution in [0.25, 0.3) is 17.8 Å². The summed E-state index contributed by atoms with van der Waals surface area (Å²) in [6.07, 6.45) is 8.81. The van der Waals surface area contributed by atoms with Gasteiger partial charge < -0.3 is 9.64 Å². The van der Waals surface area contributed by atoms with Crippen LogP contribution in [0.3, 0.4) is 0 Å². The molecule has 4 aromatic rings. The van der Waals surface area contributed by atoms with E-state index in [4.69, 9.17) is 9.72 Å². The number of rotatable bonds is 6. The smallest absolute Gasteiger partial charge is 0.410 e. The number of piperidine rings is 1. The third-order valence-electron chi connectivity index (χ3n) is 6.34. The lowest BCUT2D eigenvalue weighted by molar-refractivity contribution is 0.0856. The van der Waals surface area contributed by atoms with Gasteiger partial charge in [-0.2, -0.15) is 5.10 Å². The van der Waals surface area contributed by atoms with E-state index in [0.29, 0.717) is 23.8 Å². The Hall–Kier alpha value is -3.78. The molecule has 5 rings (SSSR count). The van der Waals surface area contributed by atoms with Crippen molar-refractivity contribution in [2.24, 2.45) is 0 Å². The summed E-state index contributed by atoms with van der Waals surface area (Å²) in [5, 5.41) is 5.06. The first-order chi connectivity index (χ1) is 17.6. The standard InChI is InChI=1S/C28H28N4O3S/c1-36(34)26-17-25(30-27-23(18-29-32(26)27)15-14-21-9-4-2-5-10-21)24-13-8-16-31(19-24)28(33)35-20-22-11-6-3-7-12-22/h2-7,9-12,14-15,17-18,24H,8,13,16,19-20H2,1H3/b15-14+. The van der Waals surface area contributed by atoms with Gasteiger partial charge in [0.25, 0.3) is 0 Å². The number of amides is 1. The van der Waals surface area contributed by atoms with E-state index in [1.807, 2.05) is 78.9 Å². The second-order valence-electron chi connectivity index (χ2n) is 8.88. The fourth-order valence-corrected chi connectivity index (χ4v) is 5.11. The van der Waals surface area contributed by atoms with E-state index in [0.717, 1.165) is 35.2 Å². The second-order valence-corrected chi connectivity index (χ2v) is 10.2. The Morgan fingerprint density at radius 2 is 1.86 bits per heavy atom. The summed E-state index contributed by atoms with van der Waals surface area (Å²) in [5.74, 6) is 0.0242. The van der Waals surface area contributed by atoms with Gasteiger partial charge in [0, 0.05) is 30.8 Å². The van der Waals surface area contributed by atoms with Crippen molar-refractivity contribution in [1.82, 2.24) is 19.5 Å². The van der Waals surface area contributed by atoms with Gasteiger partial charge in [-0.1, -0.05) is 66.7 Å². The van der Waals surface area contributed by atoms with E-state index >= 15 is 0 Å². The molecule has 2 atom stereocenters. The molecule has 0 bridgehead atoms. The summed E-state index contributed by atoms with van der Waals surface area (Å²) < 4.78 is 19.8. The van der Waals surface area contributed by atoms with Gasteiger partial charge in [0.15, 0.2) is 5.65 Å². The predicted octanol–water partition coefficient (Wildman–Crippen LogP) is 5.15. The highest BCUT2D eigenvalue weighted by atomic mass is 32.2. The predicted molar refractivity (Wildman–Crippen MR) is 141 cm³/mol. The fraction of sp³-hybridized carbons (Fsp3) is 0.250. The lowest BCUT2D eigenvalue weighted by atomic mass is 9.95. The highest BCUT2D eigenvalue weighted by Crippen LogP contribution is 2.29. The number of likely N-dealkylation sites (tertiary alicyclic amines) is 1. The van der Waals surface area contributed by atoms with Crippen LogP contribution in [-0.2, 0) is 22.1 Å². The third-order valence-corrected chi connectivity index (χ3v) is 7.22. The lowest BCUT2D eigenvalue weighted by Crippen LogP contribution is -2.39. The minimum atomic E-state index is -1.26. The number of nitrogens with zero attached hydrogens (tertiary/aromatic N) is 4. The molecule has 184 valence electrons. The van der Waals surface area contributed by atoms with Gasteiger partial charge in [0.1, 0.15) is 11.6 Å². The maximum Gasteiger partial charge on any atom is 0.410 e. The van der Waals surface area contributed by atoms with Crippen molar-refractivity contribution < 1.29 is 13.7 Å². The number of ether oxygens (including phenoxy) is 1. The molecular formula is C28H28N4O3S. The molecule has 2 aromatic carbocycles. The molecule has 1 amide bonds. The molecule has 0 spiro atoms. The number of aromatic nitrogens is 3. The Labute approximate surface area is 212 Å². The number of carbonyl (C=O) groups excluding carboxylic acids is 1. The molecule has 0 N–H and O–H groups in total. The highest BCUT2D eigenvalue weighted by Gasteiger charge is 2.28. The molecule has 7 nitrogen and oxygen atoms in total. The molecule has 0 radical (unpaired) electrons. The van der Waals surface area contributed by atoms with Crippen molar-refractivity contribution in [2.45, 2.75) is 30.4 Å². The third kappa shape index (κ3) is 5.39. The zero-order valence-corrected chi connectivity index (χ0v) is 20.9. The second kappa shape index (κ2) is 10.9. The first kappa shape index (κ1) is 23.9. The zero-order chi connectivity index (χ0) is 24.9. The average Bonchev–Trinajstić information content (AvgIpc) is 3.34. The highest BCUT2D eigenvalue weighted by molar-refractivity contribution is 7.84. The van der Waals surface area contributed by atoms with E-state index in [1.54, 1.807) is 21.9 Å². The summed E-state index contributed by atoms with van der Waals surface area (Å²) in [6, 6.07) is 21.6. The van der Waals surface area contributed by atoms with Crippen molar-refractivity contribution in [3.63, 3.8) is 0 Å². The Kier molecular flexibility index (Phi) is 7.23. The molecule has 1 aliphatic heterocycles. The maximum absolute atomic E-state index is 12.8. The van der Waals surface area contributed by atoms with Crippen LogP contribution in [0.1, 0.15) is 41.1 Å². The van der Waals surface area contributed by atoms with Crippen LogP contribution in [0.5, 0.6) is 0 Å². The molecule has 2 unspecified atom stereocenters. The van der Waals surface area contributed by atoms with Crippen LogP contribution in [0.15, 0.2) is 78.0 Å². The lowest BCUT2D eigenvalue weighted by Gasteiger charge is -2.32. The van der Waals surface area contributed by atoms with Crippen molar-refractivity contribution in [1.29, 1.82) is 0 Å². The van der Waals surface area contributed by atoms with Gasteiger partial charge >= 0.3 is 6.09 Å². The van der Waals surface area contributed by atoms with Gasteiger partial charge in [0.2, 0.25) is 0 Å². The van der Waals surface area contributed by atoms with Gasteiger partial charge in [-0.05, 0) is 36.1 Å². The molecular weight excluding hydrogens is 472 g/mol. The van der Waals surface area contributed by atoms with E-state index in [9.17, 15) is 9.00 Å². The minimum Gasteiger partial charge on any atom is -0.445 e. The summed E-state index contributed by atoms with van der Waals surface area (Å²) in [5.41, 5.74) is 4.36. The number of carbonyl (C=O) groups is 1.